The number of carbonyl (C=O) groups excluding carboxylic acids is 1. The zero-order valence-corrected chi connectivity index (χ0v) is 14.8. The monoisotopic (exact) mass is 361 g/mol. The number of hydrogen-bond acceptors (Lipinski definition) is 2. The molecule has 1 amide bonds. The molecular weight excluding hydrogens is 345 g/mol. The zero-order chi connectivity index (χ0) is 17.3. The van der Waals surface area contributed by atoms with Crippen molar-refractivity contribution in [3.8, 4) is 0 Å². The van der Waals surface area contributed by atoms with Gasteiger partial charge in [0.15, 0.2) is 0 Å². The van der Waals surface area contributed by atoms with Crippen LogP contribution in [-0.4, -0.2) is 15.9 Å². The average Bonchev–Trinajstić information content (AvgIpc) is 2.98. The lowest BCUT2D eigenvalue weighted by Gasteiger charge is -2.20. The van der Waals surface area contributed by atoms with E-state index in [-0.39, 0.29) is 22.9 Å². The Morgan fingerprint density at radius 1 is 1.12 bits per heavy atom. The average molecular weight is 362 g/mol. The Hall–Kier alpha value is -2.04. The third kappa shape index (κ3) is 3.25. The molecule has 6 heteroatoms. The van der Waals surface area contributed by atoms with Crippen LogP contribution in [-0.2, 0) is 0 Å². The highest BCUT2D eigenvalue weighted by molar-refractivity contribution is 6.43. The number of rotatable bonds is 4. The number of carbonyl (C=O) groups is 1. The van der Waals surface area contributed by atoms with Gasteiger partial charge in [0.1, 0.15) is 5.82 Å². The summed E-state index contributed by atoms with van der Waals surface area (Å²) in [7, 11) is 0. The maximum absolute atomic E-state index is 12.6. The first kappa shape index (κ1) is 16.8. The standard InChI is InChI=1S/C18H17Cl2N3O/c1-10(2)16(17-21-13-8-3-4-9-14(13)22-17)23-18(24)11-6-5-7-12(19)15(11)20/h3-10,16H,1-2H3,(H,21,22)(H,23,24)/t16-/m1/s1. The largest absolute Gasteiger partial charge is 0.342 e. The van der Waals surface area contributed by atoms with Gasteiger partial charge in [-0.15, -0.1) is 0 Å². The second kappa shape index (κ2) is 6.83. The molecule has 0 saturated heterocycles. The highest BCUT2D eigenvalue weighted by Gasteiger charge is 2.23. The summed E-state index contributed by atoms with van der Waals surface area (Å²) in [5.74, 6) is 0.590. The topological polar surface area (TPSA) is 57.8 Å². The molecule has 1 aromatic heterocycles. The predicted octanol–water partition coefficient (Wildman–Crippen LogP) is 5.00. The maximum Gasteiger partial charge on any atom is 0.253 e. The van der Waals surface area contributed by atoms with E-state index in [1.807, 2.05) is 38.1 Å². The Labute approximate surface area is 150 Å². The lowest BCUT2D eigenvalue weighted by molar-refractivity contribution is 0.0923. The Kier molecular flexibility index (Phi) is 4.78. The smallest absolute Gasteiger partial charge is 0.253 e. The first-order valence-electron chi connectivity index (χ1n) is 7.67. The van der Waals surface area contributed by atoms with Gasteiger partial charge in [0, 0.05) is 0 Å². The fourth-order valence-electron chi connectivity index (χ4n) is 2.57. The van der Waals surface area contributed by atoms with E-state index >= 15 is 0 Å². The van der Waals surface area contributed by atoms with E-state index in [0.29, 0.717) is 10.6 Å². The molecule has 3 rings (SSSR count). The van der Waals surface area contributed by atoms with E-state index in [9.17, 15) is 4.79 Å². The second-order valence-electron chi connectivity index (χ2n) is 5.94. The lowest BCUT2D eigenvalue weighted by atomic mass is 10.0. The normalized spacial score (nSPS) is 12.5. The first-order valence-corrected chi connectivity index (χ1v) is 8.42. The summed E-state index contributed by atoms with van der Waals surface area (Å²) in [6, 6.07) is 12.5. The van der Waals surface area contributed by atoms with Crippen LogP contribution in [0.25, 0.3) is 11.0 Å². The summed E-state index contributed by atoms with van der Waals surface area (Å²) in [5, 5.41) is 3.61. The number of benzene rings is 2. The van der Waals surface area contributed by atoms with Gasteiger partial charge in [-0.3, -0.25) is 4.79 Å². The van der Waals surface area contributed by atoms with Crippen molar-refractivity contribution >= 4 is 40.1 Å². The van der Waals surface area contributed by atoms with Crippen molar-refractivity contribution < 1.29 is 4.79 Å². The molecule has 2 N–H and O–H groups in total. The molecule has 0 spiro atoms. The third-order valence-corrected chi connectivity index (χ3v) is 4.67. The number of nitrogens with zero attached hydrogens (tertiary/aromatic N) is 1. The molecule has 1 heterocycles. The molecule has 0 radical (unpaired) electrons. The molecule has 0 fully saturated rings. The maximum atomic E-state index is 12.6. The molecule has 1 atom stereocenters. The van der Waals surface area contributed by atoms with Gasteiger partial charge in [0.2, 0.25) is 0 Å². The Balaban J connectivity index is 1.91. The number of para-hydroxylation sites is 2. The van der Waals surface area contributed by atoms with E-state index in [1.165, 1.54) is 0 Å². The molecule has 0 bridgehead atoms. The van der Waals surface area contributed by atoms with Gasteiger partial charge in [-0.25, -0.2) is 4.98 Å². The summed E-state index contributed by atoms with van der Waals surface area (Å²) in [5.41, 5.74) is 2.16. The van der Waals surface area contributed by atoms with E-state index < -0.39 is 0 Å². The minimum absolute atomic E-state index is 0.146. The number of aromatic nitrogens is 2. The van der Waals surface area contributed by atoms with Gasteiger partial charge in [0.25, 0.3) is 5.91 Å². The highest BCUT2D eigenvalue weighted by Crippen LogP contribution is 2.27. The number of amides is 1. The SMILES string of the molecule is CC(C)[C@@H](NC(=O)c1cccc(Cl)c1Cl)c1nc2ccccc2[nH]1. The fraction of sp³-hybridized carbons (Fsp3) is 0.222. The molecule has 0 saturated carbocycles. The molecule has 0 aliphatic carbocycles. The van der Waals surface area contributed by atoms with Gasteiger partial charge < -0.3 is 10.3 Å². The number of hydrogen-bond donors (Lipinski definition) is 2. The van der Waals surface area contributed by atoms with Crippen molar-refractivity contribution in [2.24, 2.45) is 5.92 Å². The van der Waals surface area contributed by atoms with Crippen LogP contribution < -0.4 is 5.32 Å². The lowest BCUT2D eigenvalue weighted by Crippen LogP contribution is -2.32. The molecule has 2 aromatic carbocycles. The summed E-state index contributed by atoms with van der Waals surface area (Å²) in [6.45, 7) is 4.05. The van der Waals surface area contributed by atoms with Crippen molar-refractivity contribution in [3.63, 3.8) is 0 Å². The van der Waals surface area contributed by atoms with Crippen molar-refractivity contribution in [3.05, 3.63) is 63.9 Å². The Morgan fingerprint density at radius 3 is 2.58 bits per heavy atom. The number of halogens is 2. The van der Waals surface area contributed by atoms with Gasteiger partial charge in [0.05, 0.1) is 32.7 Å². The number of imidazole rings is 1. The van der Waals surface area contributed by atoms with Crippen LogP contribution in [0.15, 0.2) is 42.5 Å². The number of aromatic amines is 1. The Bertz CT molecular complexity index is 856. The van der Waals surface area contributed by atoms with Crippen LogP contribution in [0.1, 0.15) is 36.1 Å². The number of fused-ring (bicyclic) bond motifs is 1. The molecular formula is C18H17Cl2N3O. The third-order valence-electron chi connectivity index (χ3n) is 3.85. The summed E-state index contributed by atoms with van der Waals surface area (Å²) in [6.07, 6.45) is 0. The van der Waals surface area contributed by atoms with Crippen molar-refractivity contribution in [1.82, 2.24) is 15.3 Å². The van der Waals surface area contributed by atoms with Crippen LogP contribution in [0.2, 0.25) is 10.0 Å². The summed E-state index contributed by atoms with van der Waals surface area (Å²) >= 11 is 12.1. The fourth-order valence-corrected chi connectivity index (χ4v) is 2.96. The minimum Gasteiger partial charge on any atom is -0.342 e. The Morgan fingerprint density at radius 2 is 1.88 bits per heavy atom. The van der Waals surface area contributed by atoms with Gasteiger partial charge in [-0.05, 0) is 30.2 Å². The molecule has 0 unspecified atom stereocenters. The quantitative estimate of drug-likeness (QED) is 0.686. The predicted molar refractivity (Wildman–Crippen MR) is 97.6 cm³/mol. The molecule has 124 valence electrons. The highest BCUT2D eigenvalue weighted by atomic mass is 35.5. The van der Waals surface area contributed by atoms with Crippen LogP contribution >= 0.6 is 23.2 Å². The first-order chi connectivity index (χ1) is 11.5. The molecule has 24 heavy (non-hydrogen) atoms. The van der Waals surface area contributed by atoms with E-state index in [2.05, 4.69) is 15.3 Å². The summed E-state index contributed by atoms with van der Waals surface area (Å²) < 4.78 is 0. The van der Waals surface area contributed by atoms with Gasteiger partial charge >= 0.3 is 0 Å². The second-order valence-corrected chi connectivity index (χ2v) is 6.72. The van der Waals surface area contributed by atoms with Crippen LogP contribution in [0.5, 0.6) is 0 Å². The van der Waals surface area contributed by atoms with Crippen molar-refractivity contribution in [2.75, 3.05) is 0 Å². The number of H-pyrrole nitrogens is 1. The zero-order valence-electron chi connectivity index (χ0n) is 13.3. The van der Waals surface area contributed by atoms with Crippen LogP contribution in [0.3, 0.4) is 0 Å². The van der Waals surface area contributed by atoms with E-state index in [4.69, 9.17) is 23.2 Å². The van der Waals surface area contributed by atoms with Crippen LogP contribution in [0, 0.1) is 5.92 Å². The molecule has 3 aromatic rings. The van der Waals surface area contributed by atoms with E-state index in [1.54, 1.807) is 18.2 Å². The molecule has 0 aliphatic heterocycles. The number of nitrogens with one attached hydrogen (secondary N) is 2. The van der Waals surface area contributed by atoms with E-state index in [0.717, 1.165) is 16.9 Å². The molecule has 4 nitrogen and oxygen atoms in total. The summed E-state index contributed by atoms with van der Waals surface area (Å²) in [4.78, 5) is 20.5. The van der Waals surface area contributed by atoms with Gasteiger partial charge in [-0.2, -0.15) is 0 Å². The van der Waals surface area contributed by atoms with Crippen molar-refractivity contribution in [2.45, 2.75) is 19.9 Å². The van der Waals surface area contributed by atoms with Crippen molar-refractivity contribution in [1.29, 1.82) is 0 Å². The van der Waals surface area contributed by atoms with Gasteiger partial charge in [-0.1, -0.05) is 55.2 Å². The minimum atomic E-state index is -0.276. The van der Waals surface area contributed by atoms with Crippen LogP contribution in [0.4, 0.5) is 0 Å². The molecule has 0 aliphatic rings.